The number of aromatic nitrogens is 1. The van der Waals surface area contributed by atoms with Gasteiger partial charge in [0, 0.05) is 5.39 Å². The first-order valence-electron chi connectivity index (χ1n) is 4.55. The van der Waals surface area contributed by atoms with Crippen molar-refractivity contribution in [2.24, 2.45) is 0 Å². The van der Waals surface area contributed by atoms with Crippen molar-refractivity contribution in [3.8, 4) is 5.75 Å². The topological polar surface area (TPSA) is 22.1 Å². The van der Waals surface area contributed by atoms with Crippen LogP contribution in [0.25, 0.3) is 10.9 Å². The van der Waals surface area contributed by atoms with Crippen molar-refractivity contribution in [2.75, 3.05) is 13.3 Å². The number of fused-ring (bicyclic) bond motifs is 1. The number of nitrogens with zero attached hydrogens (tertiary/aromatic N) is 1. The lowest BCUT2D eigenvalue weighted by Gasteiger charge is -2.06. The zero-order valence-electron chi connectivity index (χ0n) is 7.91. The van der Waals surface area contributed by atoms with Gasteiger partial charge in [0.25, 0.3) is 0 Å². The Morgan fingerprint density at radius 3 is 2.93 bits per heavy atom. The van der Waals surface area contributed by atoms with Crippen LogP contribution >= 0.6 is 11.6 Å². The van der Waals surface area contributed by atoms with Crippen LogP contribution in [0.15, 0.2) is 30.3 Å². The zero-order valence-corrected chi connectivity index (χ0v) is 8.67. The third-order valence-corrected chi connectivity index (χ3v) is 2.19. The van der Waals surface area contributed by atoms with E-state index in [4.69, 9.17) is 16.3 Å². The quantitative estimate of drug-likeness (QED) is 0.749. The molecule has 0 spiro atoms. The van der Waals surface area contributed by atoms with Crippen LogP contribution in [0.4, 0.5) is 4.39 Å². The molecule has 4 heteroatoms. The lowest BCUT2D eigenvalue weighted by atomic mass is 10.2. The molecule has 78 valence electrons. The second-order valence-electron chi connectivity index (χ2n) is 3.00. The minimum atomic E-state index is -0.517. The summed E-state index contributed by atoms with van der Waals surface area (Å²) in [7, 11) is 0. The van der Waals surface area contributed by atoms with Gasteiger partial charge in [0.2, 0.25) is 0 Å². The number of ether oxygens (including phenoxy) is 1. The van der Waals surface area contributed by atoms with Gasteiger partial charge < -0.3 is 4.74 Å². The minimum Gasteiger partial charge on any atom is -0.489 e. The molecule has 0 unspecified atom stereocenters. The number of pyridine rings is 1. The smallest absolute Gasteiger partial charge is 0.145 e. The first-order chi connectivity index (χ1) is 7.31. The Morgan fingerprint density at radius 1 is 1.27 bits per heavy atom. The normalized spacial score (nSPS) is 10.5. The number of benzene rings is 1. The highest BCUT2D eigenvalue weighted by Gasteiger charge is 2.03. The lowest BCUT2D eigenvalue weighted by Crippen LogP contribution is -1.99. The molecular weight excluding hydrogens is 217 g/mol. The summed E-state index contributed by atoms with van der Waals surface area (Å²) < 4.78 is 17.2. The molecule has 1 heterocycles. The van der Waals surface area contributed by atoms with Crippen molar-refractivity contribution in [1.82, 2.24) is 4.98 Å². The molecule has 1 aromatic carbocycles. The molecule has 0 saturated heterocycles. The summed E-state index contributed by atoms with van der Waals surface area (Å²) in [5, 5.41) is 1.33. The average Bonchev–Trinajstić information content (AvgIpc) is 2.26. The van der Waals surface area contributed by atoms with Crippen molar-refractivity contribution < 1.29 is 9.13 Å². The van der Waals surface area contributed by atoms with E-state index in [1.807, 2.05) is 18.2 Å². The molecule has 2 aromatic rings. The van der Waals surface area contributed by atoms with Crippen molar-refractivity contribution in [3.63, 3.8) is 0 Å². The van der Waals surface area contributed by atoms with Crippen LogP contribution in [0.3, 0.4) is 0 Å². The molecule has 0 atom stereocenters. The fraction of sp³-hybridized carbons (Fsp3) is 0.182. The molecule has 0 N–H and O–H groups in total. The van der Waals surface area contributed by atoms with E-state index in [-0.39, 0.29) is 6.61 Å². The van der Waals surface area contributed by atoms with Gasteiger partial charge in [-0.2, -0.15) is 0 Å². The molecule has 0 aliphatic rings. The maximum atomic E-state index is 12.0. The molecule has 0 saturated carbocycles. The maximum absolute atomic E-state index is 12.0. The maximum Gasteiger partial charge on any atom is 0.145 e. The van der Waals surface area contributed by atoms with E-state index in [1.165, 1.54) is 0 Å². The molecule has 0 aliphatic carbocycles. The number of hydrogen-bond acceptors (Lipinski definition) is 2. The Balaban J connectivity index is 2.48. The molecule has 0 bridgehead atoms. The summed E-state index contributed by atoms with van der Waals surface area (Å²) in [4.78, 5) is 4.15. The van der Waals surface area contributed by atoms with Crippen LogP contribution in [0, 0.1) is 0 Å². The van der Waals surface area contributed by atoms with Gasteiger partial charge in [0.05, 0.1) is 0 Å². The molecule has 1 aromatic heterocycles. The highest BCUT2D eigenvalue weighted by Crippen LogP contribution is 2.25. The second kappa shape index (κ2) is 4.45. The van der Waals surface area contributed by atoms with E-state index in [2.05, 4.69) is 4.98 Å². The van der Waals surface area contributed by atoms with Crippen LogP contribution in [0.1, 0.15) is 0 Å². The molecule has 0 radical (unpaired) electrons. The minimum absolute atomic E-state index is 0.0350. The van der Waals surface area contributed by atoms with E-state index in [0.717, 1.165) is 5.39 Å². The number of para-hydroxylation sites is 1. The Kier molecular flexibility index (Phi) is 3.02. The predicted molar refractivity (Wildman–Crippen MR) is 58.2 cm³/mol. The highest BCUT2D eigenvalue weighted by atomic mass is 35.5. The first kappa shape index (κ1) is 10.2. The van der Waals surface area contributed by atoms with Gasteiger partial charge in [0.1, 0.15) is 29.7 Å². The standard InChI is InChI=1S/C11H9ClFNO/c12-10-5-4-8-2-1-3-9(11(8)14-10)15-7-6-13/h1-5H,6-7H2. The van der Waals surface area contributed by atoms with Gasteiger partial charge in [0.15, 0.2) is 0 Å². The summed E-state index contributed by atoms with van der Waals surface area (Å²) in [6.45, 7) is -0.482. The first-order valence-corrected chi connectivity index (χ1v) is 4.93. The van der Waals surface area contributed by atoms with Crippen molar-refractivity contribution in [3.05, 3.63) is 35.5 Å². The third-order valence-electron chi connectivity index (χ3n) is 1.98. The summed E-state index contributed by atoms with van der Waals surface area (Å²) in [5.74, 6) is 0.563. The van der Waals surface area contributed by atoms with Gasteiger partial charge in [-0.15, -0.1) is 0 Å². The largest absolute Gasteiger partial charge is 0.489 e. The molecule has 0 amide bonds. The summed E-state index contributed by atoms with van der Waals surface area (Å²) in [6.07, 6.45) is 0. The van der Waals surface area contributed by atoms with Crippen LogP contribution in [0.2, 0.25) is 5.15 Å². The highest BCUT2D eigenvalue weighted by molar-refractivity contribution is 6.29. The van der Waals surface area contributed by atoms with E-state index in [1.54, 1.807) is 12.1 Å². The fourth-order valence-corrected chi connectivity index (χ4v) is 1.51. The Labute approximate surface area is 91.6 Å². The van der Waals surface area contributed by atoms with Crippen LogP contribution in [-0.2, 0) is 0 Å². The Hall–Kier alpha value is -1.35. The number of hydrogen-bond donors (Lipinski definition) is 0. The van der Waals surface area contributed by atoms with Crippen LogP contribution < -0.4 is 4.74 Å². The van der Waals surface area contributed by atoms with Gasteiger partial charge in [-0.25, -0.2) is 9.37 Å². The van der Waals surface area contributed by atoms with E-state index in [9.17, 15) is 4.39 Å². The van der Waals surface area contributed by atoms with E-state index in [0.29, 0.717) is 16.4 Å². The Morgan fingerprint density at radius 2 is 2.13 bits per heavy atom. The fourth-order valence-electron chi connectivity index (χ4n) is 1.36. The van der Waals surface area contributed by atoms with Gasteiger partial charge >= 0.3 is 0 Å². The predicted octanol–water partition coefficient (Wildman–Crippen LogP) is 3.24. The SMILES string of the molecule is FCCOc1cccc2ccc(Cl)nc12. The molecule has 2 nitrogen and oxygen atoms in total. The second-order valence-corrected chi connectivity index (χ2v) is 3.39. The summed E-state index contributed by atoms with van der Waals surface area (Å²) >= 11 is 5.78. The number of rotatable bonds is 3. The third kappa shape index (κ3) is 2.18. The number of alkyl halides is 1. The molecular formula is C11H9ClFNO. The zero-order chi connectivity index (χ0) is 10.7. The van der Waals surface area contributed by atoms with Gasteiger partial charge in [-0.3, -0.25) is 0 Å². The molecule has 2 rings (SSSR count). The van der Waals surface area contributed by atoms with Gasteiger partial charge in [-0.05, 0) is 18.2 Å². The lowest BCUT2D eigenvalue weighted by molar-refractivity contribution is 0.275. The van der Waals surface area contributed by atoms with E-state index < -0.39 is 6.67 Å². The van der Waals surface area contributed by atoms with Crippen LogP contribution in [0.5, 0.6) is 5.75 Å². The average molecular weight is 226 g/mol. The monoisotopic (exact) mass is 225 g/mol. The van der Waals surface area contributed by atoms with Gasteiger partial charge in [-0.1, -0.05) is 23.7 Å². The molecule has 0 fully saturated rings. The van der Waals surface area contributed by atoms with Crippen molar-refractivity contribution >= 4 is 22.5 Å². The van der Waals surface area contributed by atoms with Crippen LogP contribution in [-0.4, -0.2) is 18.3 Å². The van der Waals surface area contributed by atoms with E-state index >= 15 is 0 Å². The summed E-state index contributed by atoms with van der Waals surface area (Å²) in [6, 6.07) is 9.06. The summed E-state index contributed by atoms with van der Waals surface area (Å²) in [5.41, 5.74) is 0.665. The van der Waals surface area contributed by atoms with Crippen molar-refractivity contribution in [1.29, 1.82) is 0 Å². The Bertz CT molecular complexity index is 475. The molecule has 15 heavy (non-hydrogen) atoms. The number of halogens is 2. The van der Waals surface area contributed by atoms with Crippen molar-refractivity contribution in [2.45, 2.75) is 0 Å². The molecule has 0 aliphatic heterocycles.